The van der Waals surface area contributed by atoms with E-state index in [1.54, 1.807) is 6.92 Å². The van der Waals surface area contributed by atoms with Gasteiger partial charge in [0.1, 0.15) is 17.5 Å². The second-order valence-electron chi connectivity index (χ2n) is 4.07. The number of amides is 2. The number of rotatable bonds is 2. The second kappa shape index (κ2) is 4.41. The summed E-state index contributed by atoms with van der Waals surface area (Å²) in [7, 11) is 0. The Balaban J connectivity index is 2.38. The zero-order chi connectivity index (χ0) is 13.3. The molecule has 7 nitrogen and oxygen atoms in total. The molecule has 1 aromatic rings. The average molecular weight is 245 g/mol. The number of nitrogens with zero attached hydrogens (tertiary/aromatic N) is 4. The summed E-state index contributed by atoms with van der Waals surface area (Å²) in [5.41, 5.74) is 5.39. The standard InChI is InChI=1S/C11H11N5O2/c1-6-14-4-8(3-12)11(15-6)16-5-7(10(13)18)2-9(16)17/h4,7H,2,5H2,1H3,(H2,13,18). The van der Waals surface area contributed by atoms with E-state index in [9.17, 15) is 9.59 Å². The third-order valence-electron chi connectivity index (χ3n) is 2.79. The van der Waals surface area contributed by atoms with Crippen molar-refractivity contribution in [3.63, 3.8) is 0 Å². The van der Waals surface area contributed by atoms with Gasteiger partial charge in [0.25, 0.3) is 0 Å². The summed E-state index contributed by atoms with van der Waals surface area (Å²) >= 11 is 0. The van der Waals surface area contributed by atoms with Gasteiger partial charge >= 0.3 is 0 Å². The second-order valence-corrected chi connectivity index (χ2v) is 4.07. The molecule has 2 amide bonds. The minimum absolute atomic E-state index is 0.0588. The highest BCUT2D eigenvalue weighted by atomic mass is 16.2. The SMILES string of the molecule is Cc1ncc(C#N)c(N2CC(C(N)=O)CC2=O)n1. The molecule has 18 heavy (non-hydrogen) atoms. The van der Waals surface area contributed by atoms with Crippen LogP contribution in [-0.4, -0.2) is 28.3 Å². The van der Waals surface area contributed by atoms with Crippen LogP contribution in [0.15, 0.2) is 6.20 Å². The van der Waals surface area contributed by atoms with Crippen molar-refractivity contribution < 1.29 is 9.59 Å². The van der Waals surface area contributed by atoms with Crippen LogP contribution in [0.5, 0.6) is 0 Å². The van der Waals surface area contributed by atoms with Gasteiger partial charge in [-0.2, -0.15) is 5.26 Å². The lowest BCUT2D eigenvalue weighted by molar-refractivity contribution is -0.123. The van der Waals surface area contributed by atoms with Gasteiger partial charge in [0, 0.05) is 13.0 Å². The van der Waals surface area contributed by atoms with Gasteiger partial charge in [0.05, 0.1) is 12.1 Å². The molecule has 1 saturated heterocycles. The Morgan fingerprint density at radius 3 is 2.94 bits per heavy atom. The van der Waals surface area contributed by atoms with Gasteiger partial charge in [-0.05, 0) is 6.92 Å². The third kappa shape index (κ3) is 2.00. The molecule has 2 N–H and O–H groups in total. The van der Waals surface area contributed by atoms with Gasteiger partial charge < -0.3 is 5.73 Å². The molecule has 1 aromatic heterocycles. The van der Waals surface area contributed by atoms with Crippen LogP contribution in [0.25, 0.3) is 0 Å². The smallest absolute Gasteiger partial charge is 0.229 e. The van der Waals surface area contributed by atoms with Gasteiger partial charge in [-0.25, -0.2) is 9.97 Å². The Hall–Kier alpha value is -2.49. The van der Waals surface area contributed by atoms with E-state index in [4.69, 9.17) is 11.0 Å². The van der Waals surface area contributed by atoms with E-state index in [2.05, 4.69) is 9.97 Å². The largest absolute Gasteiger partial charge is 0.369 e. The number of hydrogen-bond acceptors (Lipinski definition) is 5. The molecule has 0 aromatic carbocycles. The van der Waals surface area contributed by atoms with Crippen molar-refractivity contribution in [3.8, 4) is 6.07 Å². The van der Waals surface area contributed by atoms with Crippen molar-refractivity contribution in [2.24, 2.45) is 11.7 Å². The van der Waals surface area contributed by atoms with E-state index in [0.717, 1.165) is 0 Å². The highest BCUT2D eigenvalue weighted by Gasteiger charge is 2.35. The highest BCUT2D eigenvalue weighted by molar-refractivity contribution is 6.00. The average Bonchev–Trinajstić information content (AvgIpc) is 2.71. The molecule has 1 aliphatic heterocycles. The first-order valence-electron chi connectivity index (χ1n) is 5.36. The minimum Gasteiger partial charge on any atom is -0.369 e. The zero-order valence-corrected chi connectivity index (χ0v) is 9.75. The fraction of sp³-hybridized carbons (Fsp3) is 0.364. The van der Waals surface area contributed by atoms with Crippen molar-refractivity contribution in [1.29, 1.82) is 5.26 Å². The Kier molecular flexibility index (Phi) is 2.93. The van der Waals surface area contributed by atoms with Crippen LogP contribution in [0.3, 0.4) is 0 Å². The predicted octanol–water partition coefficient (Wildman–Crippen LogP) is -0.505. The van der Waals surface area contributed by atoms with Crippen LogP contribution < -0.4 is 10.6 Å². The Bertz CT molecular complexity index is 563. The molecule has 2 heterocycles. The molecule has 1 atom stereocenters. The number of aryl methyl sites for hydroxylation is 1. The normalized spacial score (nSPS) is 18.8. The zero-order valence-electron chi connectivity index (χ0n) is 9.75. The van der Waals surface area contributed by atoms with E-state index in [1.807, 2.05) is 6.07 Å². The lowest BCUT2D eigenvalue weighted by Crippen LogP contribution is -2.29. The summed E-state index contributed by atoms with van der Waals surface area (Å²) in [4.78, 5) is 32.2. The molecule has 1 unspecified atom stereocenters. The van der Waals surface area contributed by atoms with Crippen LogP contribution in [-0.2, 0) is 9.59 Å². The minimum atomic E-state index is -0.528. The van der Waals surface area contributed by atoms with Crippen molar-refractivity contribution in [2.75, 3.05) is 11.4 Å². The Morgan fingerprint density at radius 1 is 1.67 bits per heavy atom. The Labute approximate surface area is 103 Å². The number of aromatic nitrogens is 2. The third-order valence-corrected chi connectivity index (χ3v) is 2.79. The number of nitrogens with two attached hydrogens (primary N) is 1. The Morgan fingerprint density at radius 2 is 2.39 bits per heavy atom. The molecule has 0 saturated carbocycles. The summed E-state index contributed by atoms with van der Waals surface area (Å²) in [6.07, 6.45) is 1.42. The van der Waals surface area contributed by atoms with Crippen LogP contribution in [0, 0.1) is 24.2 Å². The lowest BCUT2D eigenvalue weighted by atomic mass is 10.1. The molecule has 0 bridgehead atoms. The van der Waals surface area contributed by atoms with Crippen LogP contribution in [0.4, 0.5) is 5.82 Å². The van der Waals surface area contributed by atoms with Crippen LogP contribution >= 0.6 is 0 Å². The van der Waals surface area contributed by atoms with E-state index >= 15 is 0 Å². The summed E-state index contributed by atoms with van der Waals surface area (Å²) in [6.45, 7) is 1.83. The molecule has 1 fully saturated rings. The molecule has 7 heteroatoms. The molecule has 0 radical (unpaired) electrons. The number of carbonyl (C=O) groups is 2. The van der Waals surface area contributed by atoms with Crippen molar-refractivity contribution >= 4 is 17.6 Å². The number of nitriles is 1. The van der Waals surface area contributed by atoms with E-state index in [0.29, 0.717) is 5.82 Å². The molecule has 2 rings (SSSR count). The monoisotopic (exact) mass is 245 g/mol. The van der Waals surface area contributed by atoms with Crippen molar-refractivity contribution in [1.82, 2.24) is 9.97 Å². The van der Waals surface area contributed by atoms with Crippen LogP contribution in [0.2, 0.25) is 0 Å². The van der Waals surface area contributed by atoms with E-state index < -0.39 is 11.8 Å². The first kappa shape index (κ1) is 12.0. The maximum Gasteiger partial charge on any atom is 0.229 e. The fourth-order valence-electron chi connectivity index (χ4n) is 1.85. The molecular formula is C11H11N5O2. The first-order valence-corrected chi connectivity index (χ1v) is 5.36. The maximum absolute atomic E-state index is 11.8. The van der Waals surface area contributed by atoms with Crippen LogP contribution in [0.1, 0.15) is 17.8 Å². The topological polar surface area (TPSA) is 113 Å². The number of carbonyl (C=O) groups excluding carboxylic acids is 2. The van der Waals surface area contributed by atoms with Gasteiger partial charge in [0.15, 0.2) is 5.82 Å². The van der Waals surface area contributed by atoms with E-state index in [1.165, 1.54) is 11.1 Å². The maximum atomic E-state index is 11.8. The number of hydrogen-bond donors (Lipinski definition) is 1. The molecule has 1 aliphatic rings. The first-order chi connectivity index (χ1) is 8.52. The summed E-state index contributed by atoms with van der Waals surface area (Å²) < 4.78 is 0. The van der Waals surface area contributed by atoms with Gasteiger partial charge in [-0.1, -0.05) is 0 Å². The highest BCUT2D eigenvalue weighted by Crippen LogP contribution is 2.25. The molecule has 0 spiro atoms. The summed E-state index contributed by atoms with van der Waals surface area (Å²) in [5.74, 6) is -0.596. The van der Waals surface area contributed by atoms with E-state index in [-0.39, 0.29) is 30.3 Å². The van der Waals surface area contributed by atoms with Gasteiger partial charge in [0.2, 0.25) is 11.8 Å². The fourth-order valence-corrected chi connectivity index (χ4v) is 1.85. The molecule has 92 valence electrons. The molecular weight excluding hydrogens is 234 g/mol. The molecule has 0 aliphatic carbocycles. The van der Waals surface area contributed by atoms with Gasteiger partial charge in [-0.15, -0.1) is 0 Å². The lowest BCUT2D eigenvalue weighted by Gasteiger charge is -2.16. The van der Waals surface area contributed by atoms with Crippen molar-refractivity contribution in [3.05, 3.63) is 17.6 Å². The summed E-state index contributed by atoms with van der Waals surface area (Å²) in [5, 5.41) is 8.97. The quantitative estimate of drug-likeness (QED) is 0.754. The van der Waals surface area contributed by atoms with Gasteiger partial charge in [-0.3, -0.25) is 14.5 Å². The predicted molar refractivity (Wildman–Crippen MR) is 61.1 cm³/mol. The van der Waals surface area contributed by atoms with Crippen molar-refractivity contribution in [2.45, 2.75) is 13.3 Å². The number of primary amides is 1. The summed E-state index contributed by atoms with van der Waals surface area (Å²) in [6, 6.07) is 1.93. The number of anilines is 1.